The highest BCUT2D eigenvalue weighted by atomic mass is 16.7. The van der Waals surface area contributed by atoms with Crippen LogP contribution in [0.2, 0.25) is 0 Å². The van der Waals surface area contributed by atoms with Crippen molar-refractivity contribution < 1.29 is 9.47 Å². The fourth-order valence-electron chi connectivity index (χ4n) is 0.677. The summed E-state index contributed by atoms with van der Waals surface area (Å²) in [7, 11) is 0. The van der Waals surface area contributed by atoms with E-state index in [9.17, 15) is 0 Å². The lowest BCUT2D eigenvalue weighted by atomic mass is 10.3. The molecule has 0 saturated carbocycles. The molecule has 1 rings (SSSR count). The Balaban J connectivity index is 2.33. The molecule has 0 aliphatic carbocycles. The van der Waals surface area contributed by atoms with Gasteiger partial charge >= 0.3 is 0 Å². The van der Waals surface area contributed by atoms with Gasteiger partial charge in [0.25, 0.3) is 0 Å². The van der Waals surface area contributed by atoms with Gasteiger partial charge in [-0.05, 0) is 13.3 Å². The Hall–Kier alpha value is -0.0800. The zero-order valence-corrected chi connectivity index (χ0v) is 5.14. The molecule has 0 aromatic carbocycles. The van der Waals surface area contributed by atoms with Gasteiger partial charge in [0.1, 0.15) is 0 Å². The second-order valence-electron chi connectivity index (χ2n) is 2.18. The van der Waals surface area contributed by atoms with Crippen LogP contribution in [0.4, 0.5) is 0 Å². The van der Waals surface area contributed by atoms with Crippen molar-refractivity contribution in [1.82, 2.24) is 0 Å². The van der Waals surface area contributed by atoms with Gasteiger partial charge < -0.3 is 9.47 Å². The lowest BCUT2D eigenvalue weighted by Gasteiger charge is -2.29. The molecule has 0 unspecified atom stereocenters. The van der Waals surface area contributed by atoms with Crippen molar-refractivity contribution in [2.75, 3.05) is 13.2 Å². The van der Waals surface area contributed by atoms with Gasteiger partial charge in [0.2, 0.25) is 0 Å². The molecule has 0 aromatic heterocycles. The minimum Gasteiger partial charge on any atom is -0.350 e. The first-order valence-electron chi connectivity index (χ1n) is 2.84. The Bertz CT molecular complexity index is 70.6. The molecule has 1 aliphatic rings. The van der Waals surface area contributed by atoms with E-state index in [1.54, 1.807) is 0 Å². The predicted octanol–water partition coefficient (Wildman–Crippen LogP) is 0.974. The lowest BCUT2D eigenvalue weighted by molar-refractivity contribution is -0.226. The average Bonchev–Trinajstić information content (AvgIpc) is 1.65. The van der Waals surface area contributed by atoms with Gasteiger partial charge in [-0.2, -0.15) is 0 Å². The summed E-state index contributed by atoms with van der Waals surface area (Å²) >= 11 is 0. The molecule has 0 amide bonds. The van der Waals surface area contributed by atoms with Gasteiger partial charge in [0, 0.05) is 6.92 Å². The smallest absolute Gasteiger partial charge is 0.165 e. The zero-order valence-electron chi connectivity index (χ0n) is 5.14. The highest BCUT2D eigenvalue weighted by Crippen LogP contribution is 2.15. The van der Waals surface area contributed by atoms with Gasteiger partial charge in [0.05, 0.1) is 13.2 Å². The Labute approximate surface area is 49.8 Å². The van der Waals surface area contributed by atoms with Gasteiger partial charge in [-0.3, -0.25) is 0 Å². The quantitative estimate of drug-likeness (QED) is 0.468. The van der Waals surface area contributed by atoms with E-state index in [4.69, 9.17) is 9.47 Å². The highest BCUT2D eigenvalue weighted by molar-refractivity contribution is 4.67. The predicted molar refractivity (Wildman–Crippen MR) is 30.3 cm³/mol. The van der Waals surface area contributed by atoms with Gasteiger partial charge in [-0.1, -0.05) is 0 Å². The molecule has 1 radical (unpaired) electrons. The van der Waals surface area contributed by atoms with Crippen molar-refractivity contribution in [3.8, 4) is 0 Å². The second-order valence-corrected chi connectivity index (χ2v) is 2.18. The molecule has 2 heteroatoms. The summed E-state index contributed by atoms with van der Waals surface area (Å²) < 4.78 is 10.3. The molecular formula is C6H11O2. The topological polar surface area (TPSA) is 18.5 Å². The molecule has 1 saturated heterocycles. The molecule has 0 N–H and O–H groups in total. The van der Waals surface area contributed by atoms with E-state index in [0.29, 0.717) is 0 Å². The van der Waals surface area contributed by atoms with E-state index in [-0.39, 0.29) is 0 Å². The van der Waals surface area contributed by atoms with E-state index in [0.717, 1.165) is 19.6 Å². The Morgan fingerprint density at radius 3 is 2.12 bits per heavy atom. The van der Waals surface area contributed by atoms with E-state index >= 15 is 0 Å². The first-order chi connectivity index (χ1) is 3.71. The maximum Gasteiger partial charge on any atom is 0.165 e. The summed E-state index contributed by atoms with van der Waals surface area (Å²) in [5.41, 5.74) is 0. The Kier molecular flexibility index (Phi) is 1.54. The van der Waals surface area contributed by atoms with Crippen LogP contribution in [0.25, 0.3) is 0 Å². The van der Waals surface area contributed by atoms with Crippen LogP contribution in [-0.2, 0) is 9.47 Å². The van der Waals surface area contributed by atoms with E-state index < -0.39 is 5.79 Å². The third kappa shape index (κ3) is 1.46. The summed E-state index contributed by atoms with van der Waals surface area (Å²) in [6.07, 6.45) is 0.991. The van der Waals surface area contributed by atoms with Gasteiger partial charge in [-0.15, -0.1) is 0 Å². The minimum absolute atomic E-state index is 0.571. The first-order valence-corrected chi connectivity index (χ1v) is 2.84. The van der Waals surface area contributed by atoms with Crippen LogP contribution in [-0.4, -0.2) is 19.0 Å². The van der Waals surface area contributed by atoms with Crippen molar-refractivity contribution >= 4 is 0 Å². The van der Waals surface area contributed by atoms with Crippen LogP contribution >= 0.6 is 0 Å². The summed E-state index contributed by atoms with van der Waals surface area (Å²) in [4.78, 5) is 0. The van der Waals surface area contributed by atoms with E-state index in [1.807, 2.05) is 6.92 Å². The van der Waals surface area contributed by atoms with Gasteiger partial charge in [0.15, 0.2) is 5.79 Å². The summed E-state index contributed by atoms with van der Waals surface area (Å²) in [5, 5.41) is 0. The first kappa shape index (κ1) is 6.05. The number of hydrogen-bond acceptors (Lipinski definition) is 2. The molecule has 8 heavy (non-hydrogen) atoms. The SMILES string of the molecule is [CH2]C1(C)OCCCO1. The molecule has 0 aromatic rings. The molecule has 1 aliphatic heterocycles. The van der Waals surface area contributed by atoms with Crippen LogP contribution in [0.5, 0.6) is 0 Å². The van der Waals surface area contributed by atoms with Crippen LogP contribution in [0.3, 0.4) is 0 Å². The largest absolute Gasteiger partial charge is 0.350 e. The van der Waals surface area contributed by atoms with Crippen molar-refractivity contribution in [1.29, 1.82) is 0 Å². The average molecular weight is 115 g/mol. The summed E-state index contributed by atoms with van der Waals surface area (Å²) in [6, 6.07) is 0. The molecular weight excluding hydrogens is 104 g/mol. The second kappa shape index (κ2) is 2.03. The Morgan fingerprint density at radius 1 is 1.38 bits per heavy atom. The van der Waals surface area contributed by atoms with Gasteiger partial charge in [-0.25, -0.2) is 0 Å². The van der Waals surface area contributed by atoms with Crippen molar-refractivity contribution in [2.45, 2.75) is 19.1 Å². The minimum atomic E-state index is -0.571. The number of ether oxygens (including phenoxy) is 2. The third-order valence-corrected chi connectivity index (χ3v) is 1.10. The zero-order chi connectivity index (χ0) is 6.04. The van der Waals surface area contributed by atoms with E-state index in [2.05, 4.69) is 6.92 Å². The molecule has 47 valence electrons. The molecule has 0 atom stereocenters. The molecule has 1 fully saturated rings. The van der Waals surface area contributed by atoms with Crippen LogP contribution in [0.1, 0.15) is 13.3 Å². The van der Waals surface area contributed by atoms with Crippen molar-refractivity contribution in [2.24, 2.45) is 0 Å². The van der Waals surface area contributed by atoms with E-state index in [1.165, 1.54) is 0 Å². The monoisotopic (exact) mass is 115 g/mol. The number of rotatable bonds is 0. The van der Waals surface area contributed by atoms with Crippen molar-refractivity contribution in [3.63, 3.8) is 0 Å². The maximum atomic E-state index is 5.13. The molecule has 0 spiro atoms. The molecule has 0 bridgehead atoms. The highest BCUT2D eigenvalue weighted by Gasteiger charge is 2.21. The van der Waals surface area contributed by atoms with Crippen LogP contribution in [0, 0.1) is 6.92 Å². The van der Waals surface area contributed by atoms with Crippen LogP contribution < -0.4 is 0 Å². The summed E-state index contributed by atoms with van der Waals surface area (Å²) in [6.45, 7) is 7.07. The standard InChI is InChI=1S/C6H11O2/c1-6(2)7-4-3-5-8-6/h1,3-5H2,2H3. The maximum absolute atomic E-state index is 5.13. The molecule has 1 heterocycles. The lowest BCUT2D eigenvalue weighted by Crippen LogP contribution is -2.34. The third-order valence-electron chi connectivity index (χ3n) is 1.10. The van der Waals surface area contributed by atoms with Crippen LogP contribution in [0.15, 0.2) is 0 Å². The number of hydrogen-bond donors (Lipinski definition) is 0. The fourth-order valence-corrected chi connectivity index (χ4v) is 0.677. The fraction of sp³-hybridized carbons (Fsp3) is 0.833. The van der Waals surface area contributed by atoms with Crippen molar-refractivity contribution in [3.05, 3.63) is 6.92 Å². The Morgan fingerprint density at radius 2 is 1.88 bits per heavy atom. The molecule has 2 nitrogen and oxygen atoms in total. The normalized spacial score (nSPS) is 27.8. The summed E-state index contributed by atoms with van der Waals surface area (Å²) in [5.74, 6) is -0.571.